The Kier molecular flexibility index (Phi) is 5.29. The Hall–Kier alpha value is -1.62. The van der Waals surface area contributed by atoms with Crippen LogP contribution in [0, 0.1) is 10.8 Å². The Morgan fingerprint density at radius 1 is 1.31 bits per heavy atom. The van der Waals surface area contributed by atoms with Gasteiger partial charge in [0.1, 0.15) is 0 Å². The first-order valence-electron chi connectivity index (χ1n) is 9.06. The zero-order valence-electron chi connectivity index (χ0n) is 15.6. The normalized spacial score (nSPS) is 26.9. The third-order valence-electron chi connectivity index (χ3n) is 5.33. The fourth-order valence-corrected chi connectivity index (χ4v) is 5.21. The van der Waals surface area contributed by atoms with E-state index in [1.54, 1.807) is 6.08 Å². The summed E-state index contributed by atoms with van der Waals surface area (Å²) in [6.07, 6.45) is 6.26. The number of ether oxygens (including phenoxy) is 1. The van der Waals surface area contributed by atoms with Crippen molar-refractivity contribution in [2.24, 2.45) is 10.8 Å². The second kappa shape index (κ2) is 7.18. The molecule has 2 bridgehead atoms. The summed E-state index contributed by atoms with van der Waals surface area (Å²) >= 11 is 3.39. The lowest BCUT2D eigenvalue weighted by molar-refractivity contribution is -0.148. The van der Waals surface area contributed by atoms with Crippen LogP contribution < -0.4 is 0 Å². The van der Waals surface area contributed by atoms with Gasteiger partial charge in [0.25, 0.3) is 5.91 Å². The zero-order chi connectivity index (χ0) is 18.9. The smallest absolute Gasteiger partial charge is 0.331 e. The maximum Gasteiger partial charge on any atom is 0.331 e. The summed E-state index contributed by atoms with van der Waals surface area (Å²) in [5, 5.41) is 0. The predicted molar refractivity (Wildman–Crippen MR) is 105 cm³/mol. The van der Waals surface area contributed by atoms with Gasteiger partial charge in [-0.3, -0.25) is 4.79 Å². The number of benzene rings is 1. The number of fused-ring (bicyclic) bond motifs is 2. The summed E-state index contributed by atoms with van der Waals surface area (Å²) in [5.74, 6) is -0.576. The highest BCUT2D eigenvalue weighted by atomic mass is 79.9. The molecule has 1 heterocycles. The van der Waals surface area contributed by atoms with Crippen molar-refractivity contribution in [1.82, 2.24) is 4.90 Å². The van der Waals surface area contributed by atoms with E-state index in [1.165, 1.54) is 6.08 Å². The summed E-state index contributed by atoms with van der Waals surface area (Å²) in [6.45, 7) is 7.40. The maximum atomic E-state index is 12.6. The summed E-state index contributed by atoms with van der Waals surface area (Å²) in [4.78, 5) is 26.4. The number of carbonyl (C=O) groups excluding carboxylic acids is 2. The van der Waals surface area contributed by atoms with Gasteiger partial charge in [-0.25, -0.2) is 4.79 Å². The van der Waals surface area contributed by atoms with Crippen LogP contribution >= 0.6 is 15.9 Å². The Labute approximate surface area is 163 Å². The zero-order valence-corrected chi connectivity index (χ0v) is 17.2. The summed E-state index contributed by atoms with van der Waals surface area (Å²) < 4.78 is 6.12. The quantitative estimate of drug-likeness (QED) is 0.535. The largest absolute Gasteiger partial charge is 0.452 e. The van der Waals surface area contributed by atoms with Gasteiger partial charge >= 0.3 is 5.97 Å². The van der Waals surface area contributed by atoms with Gasteiger partial charge in [0, 0.05) is 23.1 Å². The van der Waals surface area contributed by atoms with Crippen LogP contribution in [0.3, 0.4) is 0 Å². The summed E-state index contributed by atoms with van der Waals surface area (Å²) in [5.41, 5.74) is 1.34. The SMILES string of the molecule is CC1(C)C[C@@H]2C[C@@](C)(CN2C(=O)COC(=O)/C=C/c2cccc(Br)c2)C1. The van der Waals surface area contributed by atoms with Crippen molar-refractivity contribution in [1.29, 1.82) is 0 Å². The van der Waals surface area contributed by atoms with Crippen molar-refractivity contribution in [3.05, 3.63) is 40.4 Å². The monoisotopic (exact) mass is 419 g/mol. The van der Waals surface area contributed by atoms with E-state index >= 15 is 0 Å². The summed E-state index contributed by atoms with van der Waals surface area (Å²) in [7, 11) is 0. The molecule has 1 aromatic rings. The Balaban J connectivity index is 1.53. The molecule has 2 fully saturated rings. The minimum atomic E-state index is -0.493. The Bertz CT molecular complexity index is 743. The van der Waals surface area contributed by atoms with Crippen LogP contribution in [0.25, 0.3) is 6.08 Å². The van der Waals surface area contributed by atoms with Gasteiger partial charge in [0.05, 0.1) is 0 Å². The van der Waals surface area contributed by atoms with Crippen molar-refractivity contribution < 1.29 is 14.3 Å². The van der Waals surface area contributed by atoms with Crippen LogP contribution in [-0.2, 0) is 14.3 Å². The van der Waals surface area contributed by atoms with E-state index in [-0.39, 0.29) is 29.4 Å². The number of rotatable bonds is 4. The van der Waals surface area contributed by atoms with E-state index in [9.17, 15) is 9.59 Å². The van der Waals surface area contributed by atoms with Gasteiger partial charge in [0.2, 0.25) is 0 Å². The van der Waals surface area contributed by atoms with Crippen LogP contribution in [-0.4, -0.2) is 36.0 Å². The molecule has 0 spiro atoms. The predicted octanol–water partition coefficient (Wildman–Crippen LogP) is 4.43. The molecular weight excluding hydrogens is 394 g/mol. The molecule has 0 aromatic heterocycles. The Morgan fingerprint density at radius 3 is 2.81 bits per heavy atom. The third kappa shape index (κ3) is 4.56. The molecule has 4 nitrogen and oxygen atoms in total. The number of halogens is 1. The molecule has 0 unspecified atom stereocenters. The maximum absolute atomic E-state index is 12.6. The minimum absolute atomic E-state index is 0.0827. The number of likely N-dealkylation sites (tertiary alicyclic amines) is 1. The van der Waals surface area contributed by atoms with E-state index in [1.807, 2.05) is 29.2 Å². The van der Waals surface area contributed by atoms with Gasteiger partial charge in [-0.1, -0.05) is 48.8 Å². The molecule has 1 amide bonds. The second-order valence-corrected chi connectivity index (χ2v) is 9.65. The van der Waals surface area contributed by atoms with Gasteiger partial charge in [0.15, 0.2) is 6.61 Å². The molecule has 26 heavy (non-hydrogen) atoms. The molecule has 1 saturated heterocycles. The van der Waals surface area contributed by atoms with Crippen molar-refractivity contribution in [3.63, 3.8) is 0 Å². The second-order valence-electron chi connectivity index (χ2n) is 8.73. The molecule has 1 aliphatic heterocycles. The first kappa shape index (κ1) is 19.2. The molecule has 1 aliphatic carbocycles. The lowest BCUT2D eigenvalue weighted by Gasteiger charge is -2.39. The number of hydrogen-bond donors (Lipinski definition) is 0. The van der Waals surface area contributed by atoms with Crippen molar-refractivity contribution >= 4 is 33.9 Å². The van der Waals surface area contributed by atoms with Crippen molar-refractivity contribution in [2.75, 3.05) is 13.2 Å². The Morgan fingerprint density at radius 2 is 2.08 bits per heavy atom. The van der Waals surface area contributed by atoms with Gasteiger partial charge < -0.3 is 9.64 Å². The van der Waals surface area contributed by atoms with Crippen molar-refractivity contribution in [3.8, 4) is 0 Å². The van der Waals surface area contributed by atoms with Crippen molar-refractivity contribution in [2.45, 2.75) is 46.1 Å². The van der Waals surface area contributed by atoms with E-state index in [0.717, 1.165) is 35.8 Å². The summed E-state index contributed by atoms with van der Waals surface area (Å²) in [6, 6.07) is 7.88. The number of esters is 1. The van der Waals surface area contributed by atoms with E-state index in [2.05, 4.69) is 36.7 Å². The van der Waals surface area contributed by atoms with Crippen LogP contribution in [0.1, 0.15) is 45.6 Å². The van der Waals surface area contributed by atoms with E-state index in [0.29, 0.717) is 0 Å². The molecule has 0 radical (unpaired) electrons. The number of amides is 1. The fraction of sp³-hybridized carbons (Fsp3) is 0.524. The standard InChI is InChI=1S/C21H26BrNO3/c1-20(2)10-17-11-21(3,13-20)14-23(17)18(24)12-26-19(25)8-7-15-5-4-6-16(22)9-15/h4-9,17H,10-14H2,1-3H3/b8-7+/t17-,21-/m1/s1. The highest BCUT2D eigenvalue weighted by Gasteiger charge is 2.50. The molecule has 1 aromatic carbocycles. The lowest BCUT2D eigenvalue weighted by atomic mass is 9.65. The fourth-order valence-electron chi connectivity index (χ4n) is 4.79. The number of hydrogen-bond acceptors (Lipinski definition) is 3. The molecule has 5 heteroatoms. The van der Waals surface area contributed by atoms with Crippen LogP contribution in [0.15, 0.2) is 34.8 Å². The highest BCUT2D eigenvalue weighted by Crippen LogP contribution is 2.52. The number of carbonyl (C=O) groups is 2. The molecule has 140 valence electrons. The average Bonchev–Trinajstić information content (AvgIpc) is 2.79. The first-order chi connectivity index (χ1) is 12.2. The van der Waals surface area contributed by atoms with Gasteiger partial charge in [-0.15, -0.1) is 0 Å². The van der Waals surface area contributed by atoms with Crippen LogP contribution in [0.4, 0.5) is 0 Å². The molecule has 3 rings (SSSR count). The molecule has 0 N–H and O–H groups in total. The topological polar surface area (TPSA) is 46.6 Å². The average molecular weight is 420 g/mol. The first-order valence-corrected chi connectivity index (χ1v) is 9.85. The molecule has 2 aliphatic rings. The van der Waals surface area contributed by atoms with Crippen LogP contribution in [0.2, 0.25) is 0 Å². The van der Waals surface area contributed by atoms with E-state index < -0.39 is 5.97 Å². The third-order valence-corrected chi connectivity index (χ3v) is 5.83. The van der Waals surface area contributed by atoms with Crippen LogP contribution in [0.5, 0.6) is 0 Å². The number of nitrogens with zero attached hydrogens (tertiary/aromatic N) is 1. The van der Waals surface area contributed by atoms with Gasteiger partial charge in [-0.05, 0) is 53.9 Å². The highest BCUT2D eigenvalue weighted by molar-refractivity contribution is 9.10. The molecular formula is C21H26BrNO3. The molecule has 2 atom stereocenters. The van der Waals surface area contributed by atoms with Gasteiger partial charge in [-0.2, -0.15) is 0 Å². The lowest BCUT2D eigenvalue weighted by Crippen LogP contribution is -2.39. The van der Waals surface area contributed by atoms with E-state index in [4.69, 9.17) is 4.74 Å². The minimum Gasteiger partial charge on any atom is -0.452 e. The molecule has 1 saturated carbocycles.